The highest BCUT2D eigenvalue weighted by molar-refractivity contribution is 5.78. The summed E-state index contributed by atoms with van der Waals surface area (Å²) in [6.07, 6.45) is 1.28. The molecule has 0 unspecified atom stereocenters. The summed E-state index contributed by atoms with van der Waals surface area (Å²) in [6.45, 7) is 2.90. The van der Waals surface area contributed by atoms with Crippen molar-refractivity contribution in [1.29, 1.82) is 0 Å². The summed E-state index contributed by atoms with van der Waals surface area (Å²) in [6, 6.07) is 16.2. The van der Waals surface area contributed by atoms with Gasteiger partial charge in [-0.2, -0.15) is 0 Å². The second-order valence-corrected chi connectivity index (χ2v) is 4.78. The minimum absolute atomic E-state index is 0.262. The van der Waals surface area contributed by atoms with Crippen LogP contribution in [0.3, 0.4) is 0 Å². The number of carbonyl (C=O) groups is 1. The Morgan fingerprint density at radius 2 is 1.60 bits per heavy atom. The summed E-state index contributed by atoms with van der Waals surface area (Å²) in [5.74, 6) is -0.312. The summed E-state index contributed by atoms with van der Waals surface area (Å²) in [5.41, 5.74) is 9.81. The molecule has 20 heavy (non-hydrogen) atoms. The molecule has 0 saturated carbocycles. The number of benzene rings is 2. The zero-order valence-electron chi connectivity index (χ0n) is 11.7. The van der Waals surface area contributed by atoms with Crippen LogP contribution in [0.15, 0.2) is 48.5 Å². The Morgan fingerprint density at radius 3 is 2.25 bits per heavy atom. The normalized spacial score (nSPS) is 10.2. The van der Waals surface area contributed by atoms with Crippen LogP contribution in [0.5, 0.6) is 0 Å². The molecule has 3 nitrogen and oxygen atoms in total. The van der Waals surface area contributed by atoms with Gasteiger partial charge in [0.1, 0.15) is 0 Å². The lowest BCUT2D eigenvalue weighted by molar-refractivity contribution is -0.117. The van der Waals surface area contributed by atoms with E-state index in [0.29, 0.717) is 0 Å². The molecule has 104 valence electrons. The largest absolute Gasteiger partial charge is 0.381 e. The number of amides is 1. The van der Waals surface area contributed by atoms with Crippen molar-refractivity contribution in [2.24, 2.45) is 5.73 Å². The van der Waals surface area contributed by atoms with Crippen molar-refractivity contribution in [1.82, 2.24) is 0 Å². The minimum atomic E-state index is -0.312. The van der Waals surface area contributed by atoms with E-state index >= 15 is 0 Å². The standard InChI is InChI=1S/C17H20N2O/c1-2-13-7-3-4-9-15(13)12-19-16-10-6-5-8-14(16)11-17(18)20/h3-10,19H,2,11-12H2,1H3,(H2,18,20). The van der Waals surface area contributed by atoms with Gasteiger partial charge in [-0.1, -0.05) is 49.4 Å². The Morgan fingerprint density at radius 1 is 1.00 bits per heavy atom. The molecular formula is C17H20N2O. The average molecular weight is 268 g/mol. The van der Waals surface area contributed by atoms with Gasteiger partial charge in [0.05, 0.1) is 6.42 Å². The first-order valence-corrected chi connectivity index (χ1v) is 6.87. The van der Waals surface area contributed by atoms with Gasteiger partial charge in [0.25, 0.3) is 0 Å². The van der Waals surface area contributed by atoms with Crippen LogP contribution in [0, 0.1) is 0 Å². The third-order valence-electron chi connectivity index (χ3n) is 3.35. The van der Waals surface area contributed by atoms with Gasteiger partial charge in [0.2, 0.25) is 5.91 Å². The zero-order chi connectivity index (χ0) is 14.4. The predicted octanol–water partition coefficient (Wildman–Crippen LogP) is 2.89. The van der Waals surface area contributed by atoms with E-state index in [-0.39, 0.29) is 12.3 Å². The van der Waals surface area contributed by atoms with E-state index < -0.39 is 0 Å². The summed E-state index contributed by atoms with van der Waals surface area (Å²) in [5, 5.41) is 3.40. The van der Waals surface area contributed by atoms with Crippen LogP contribution in [0.4, 0.5) is 5.69 Å². The van der Waals surface area contributed by atoms with Gasteiger partial charge in [-0.05, 0) is 29.2 Å². The van der Waals surface area contributed by atoms with Gasteiger partial charge >= 0.3 is 0 Å². The maximum absolute atomic E-state index is 11.1. The molecule has 0 atom stereocenters. The maximum Gasteiger partial charge on any atom is 0.221 e. The first-order chi connectivity index (χ1) is 9.70. The Kier molecular flexibility index (Phi) is 4.77. The van der Waals surface area contributed by atoms with E-state index in [4.69, 9.17) is 5.73 Å². The van der Waals surface area contributed by atoms with E-state index in [1.807, 2.05) is 30.3 Å². The molecule has 2 aromatic rings. The lowest BCUT2D eigenvalue weighted by Gasteiger charge is -2.13. The third-order valence-corrected chi connectivity index (χ3v) is 3.35. The number of para-hydroxylation sites is 1. The first kappa shape index (κ1) is 14.1. The molecule has 0 aliphatic heterocycles. The zero-order valence-corrected chi connectivity index (χ0v) is 11.7. The van der Waals surface area contributed by atoms with E-state index in [1.165, 1.54) is 11.1 Å². The highest BCUT2D eigenvalue weighted by atomic mass is 16.1. The van der Waals surface area contributed by atoms with Gasteiger partial charge < -0.3 is 11.1 Å². The monoisotopic (exact) mass is 268 g/mol. The fourth-order valence-corrected chi connectivity index (χ4v) is 2.30. The number of nitrogens with one attached hydrogen (secondary N) is 1. The van der Waals surface area contributed by atoms with Crippen molar-refractivity contribution < 1.29 is 4.79 Å². The van der Waals surface area contributed by atoms with Gasteiger partial charge in [0.15, 0.2) is 0 Å². The molecule has 0 aliphatic rings. The van der Waals surface area contributed by atoms with E-state index in [9.17, 15) is 4.79 Å². The number of hydrogen-bond donors (Lipinski definition) is 2. The molecule has 2 aromatic carbocycles. The number of nitrogens with two attached hydrogens (primary N) is 1. The minimum Gasteiger partial charge on any atom is -0.381 e. The molecule has 0 heterocycles. The highest BCUT2D eigenvalue weighted by Crippen LogP contribution is 2.18. The Balaban J connectivity index is 2.12. The number of hydrogen-bond acceptors (Lipinski definition) is 2. The summed E-state index contributed by atoms with van der Waals surface area (Å²) in [4.78, 5) is 11.1. The van der Waals surface area contributed by atoms with Crippen LogP contribution in [-0.4, -0.2) is 5.91 Å². The van der Waals surface area contributed by atoms with Crippen molar-refractivity contribution in [2.45, 2.75) is 26.3 Å². The highest BCUT2D eigenvalue weighted by Gasteiger charge is 2.05. The van der Waals surface area contributed by atoms with Crippen molar-refractivity contribution in [2.75, 3.05) is 5.32 Å². The van der Waals surface area contributed by atoms with E-state index in [1.54, 1.807) is 0 Å². The fourth-order valence-electron chi connectivity index (χ4n) is 2.30. The van der Waals surface area contributed by atoms with E-state index in [0.717, 1.165) is 24.2 Å². The number of aryl methyl sites for hydroxylation is 1. The third kappa shape index (κ3) is 3.60. The van der Waals surface area contributed by atoms with Gasteiger partial charge in [-0.25, -0.2) is 0 Å². The molecule has 0 aromatic heterocycles. The molecule has 0 fully saturated rings. The smallest absolute Gasteiger partial charge is 0.221 e. The summed E-state index contributed by atoms with van der Waals surface area (Å²) < 4.78 is 0. The lowest BCUT2D eigenvalue weighted by atomic mass is 10.0. The fraction of sp³-hybridized carbons (Fsp3) is 0.235. The molecule has 1 amide bonds. The second kappa shape index (κ2) is 6.75. The average Bonchev–Trinajstić information content (AvgIpc) is 2.46. The lowest BCUT2D eigenvalue weighted by Crippen LogP contribution is -2.15. The maximum atomic E-state index is 11.1. The Hall–Kier alpha value is -2.29. The van der Waals surface area contributed by atoms with Crippen molar-refractivity contribution in [3.05, 3.63) is 65.2 Å². The van der Waals surface area contributed by atoms with Gasteiger partial charge in [-0.15, -0.1) is 0 Å². The van der Waals surface area contributed by atoms with Crippen molar-refractivity contribution in [3.63, 3.8) is 0 Å². The Labute approximate surface area is 119 Å². The second-order valence-electron chi connectivity index (χ2n) is 4.78. The number of primary amides is 1. The predicted molar refractivity (Wildman–Crippen MR) is 82.5 cm³/mol. The molecule has 0 bridgehead atoms. The molecule has 0 saturated heterocycles. The molecule has 3 heteroatoms. The number of carbonyl (C=O) groups excluding carboxylic acids is 1. The van der Waals surface area contributed by atoms with Crippen LogP contribution >= 0.6 is 0 Å². The first-order valence-electron chi connectivity index (χ1n) is 6.87. The molecule has 2 rings (SSSR count). The molecule has 0 spiro atoms. The van der Waals surface area contributed by atoms with Crippen LogP contribution in [0.1, 0.15) is 23.6 Å². The topological polar surface area (TPSA) is 55.1 Å². The molecule has 3 N–H and O–H groups in total. The van der Waals surface area contributed by atoms with Crippen LogP contribution in [-0.2, 0) is 24.2 Å². The summed E-state index contributed by atoms with van der Waals surface area (Å²) >= 11 is 0. The van der Waals surface area contributed by atoms with E-state index in [2.05, 4.69) is 30.4 Å². The SMILES string of the molecule is CCc1ccccc1CNc1ccccc1CC(N)=O. The number of rotatable bonds is 6. The van der Waals surface area contributed by atoms with Gasteiger partial charge in [-0.3, -0.25) is 4.79 Å². The van der Waals surface area contributed by atoms with Crippen LogP contribution in [0.2, 0.25) is 0 Å². The molecule has 0 aliphatic carbocycles. The Bertz CT molecular complexity index is 593. The van der Waals surface area contributed by atoms with Crippen LogP contribution in [0.25, 0.3) is 0 Å². The molecule has 0 radical (unpaired) electrons. The van der Waals surface area contributed by atoms with Crippen LogP contribution < -0.4 is 11.1 Å². The molecular weight excluding hydrogens is 248 g/mol. The van der Waals surface area contributed by atoms with Crippen molar-refractivity contribution in [3.8, 4) is 0 Å². The number of anilines is 1. The van der Waals surface area contributed by atoms with Crippen molar-refractivity contribution >= 4 is 11.6 Å². The quantitative estimate of drug-likeness (QED) is 0.846. The van der Waals surface area contributed by atoms with Gasteiger partial charge in [0, 0.05) is 12.2 Å². The summed E-state index contributed by atoms with van der Waals surface area (Å²) in [7, 11) is 0.